The fourth-order valence-electron chi connectivity index (χ4n) is 2.91. The second-order valence-corrected chi connectivity index (χ2v) is 7.26. The standard InChI is InChI=1S/C17H23BrN2O.ClH/c1-12-2-5-15(16(18)10-12)17(21)20-8-6-14(7-9-20)19-11-13-3-4-13;/h2,5,10,13-14,19H,3-4,6-9,11H2,1H3;1H. The second-order valence-electron chi connectivity index (χ2n) is 6.40. The minimum atomic E-state index is 0. The van der Waals surface area contributed by atoms with E-state index < -0.39 is 0 Å². The zero-order valence-corrected chi connectivity index (χ0v) is 15.4. The van der Waals surface area contributed by atoms with Gasteiger partial charge in [-0.15, -0.1) is 12.4 Å². The van der Waals surface area contributed by atoms with Crippen LogP contribution in [-0.4, -0.2) is 36.5 Å². The Hall–Kier alpha value is -0.580. The summed E-state index contributed by atoms with van der Waals surface area (Å²) in [6.07, 6.45) is 4.93. The Morgan fingerprint density at radius 2 is 1.95 bits per heavy atom. The highest BCUT2D eigenvalue weighted by atomic mass is 79.9. The summed E-state index contributed by atoms with van der Waals surface area (Å²) < 4.78 is 0.904. The van der Waals surface area contributed by atoms with E-state index in [4.69, 9.17) is 0 Å². The Bertz CT molecular complexity index is 525. The molecule has 1 heterocycles. The first-order valence-corrected chi connectivity index (χ1v) is 8.71. The number of benzene rings is 1. The number of aryl methyl sites for hydroxylation is 1. The summed E-state index contributed by atoms with van der Waals surface area (Å²) in [5.41, 5.74) is 1.95. The predicted molar refractivity (Wildman–Crippen MR) is 95.8 cm³/mol. The monoisotopic (exact) mass is 386 g/mol. The number of rotatable bonds is 4. The van der Waals surface area contributed by atoms with Gasteiger partial charge in [0.1, 0.15) is 0 Å². The van der Waals surface area contributed by atoms with Crippen molar-refractivity contribution < 1.29 is 4.79 Å². The van der Waals surface area contributed by atoms with Gasteiger partial charge < -0.3 is 10.2 Å². The van der Waals surface area contributed by atoms with Gasteiger partial charge >= 0.3 is 0 Å². The van der Waals surface area contributed by atoms with Gasteiger partial charge in [-0.1, -0.05) is 6.07 Å². The van der Waals surface area contributed by atoms with E-state index in [0.717, 1.165) is 41.9 Å². The lowest BCUT2D eigenvalue weighted by atomic mass is 10.0. The van der Waals surface area contributed by atoms with Crippen molar-refractivity contribution in [1.29, 1.82) is 0 Å². The third-order valence-electron chi connectivity index (χ3n) is 4.53. The molecule has 1 saturated heterocycles. The molecular weight excluding hydrogens is 364 g/mol. The molecule has 22 heavy (non-hydrogen) atoms. The molecule has 3 nitrogen and oxygen atoms in total. The summed E-state index contributed by atoms with van der Waals surface area (Å²) in [5, 5.41) is 3.65. The normalized spacial score (nSPS) is 18.9. The van der Waals surface area contributed by atoms with Crippen molar-refractivity contribution in [3.05, 3.63) is 33.8 Å². The third-order valence-corrected chi connectivity index (χ3v) is 5.19. The Morgan fingerprint density at radius 1 is 1.27 bits per heavy atom. The van der Waals surface area contributed by atoms with Gasteiger partial charge in [0.15, 0.2) is 0 Å². The van der Waals surface area contributed by atoms with Crippen LogP contribution in [0.1, 0.15) is 41.6 Å². The molecule has 0 radical (unpaired) electrons. The van der Waals surface area contributed by atoms with Crippen molar-refractivity contribution in [1.82, 2.24) is 10.2 Å². The summed E-state index contributed by atoms with van der Waals surface area (Å²) in [4.78, 5) is 14.6. The van der Waals surface area contributed by atoms with E-state index in [2.05, 4.69) is 21.2 Å². The number of hydrogen-bond donors (Lipinski definition) is 1. The lowest BCUT2D eigenvalue weighted by Gasteiger charge is -2.33. The molecule has 2 aliphatic rings. The molecular formula is C17H24BrClN2O. The molecule has 2 fully saturated rings. The van der Waals surface area contributed by atoms with E-state index in [0.29, 0.717) is 6.04 Å². The summed E-state index contributed by atoms with van der Waals surface area (Å²) in [6.45, 7) is 4.93. The van der Waals surface area contributed by atoms with E-state index in [1.54, 1.807) is 0 Å². The van der Waals surface area contributed by atoms with Crippen LogP contribution in [0.2, 0.25) is 0 Å². The van der Waals surface area contributed by atoms with E-state index in [1.165, 1.54) is 24.9 Å². The van der Waals surface area contributed by atoms with Gasteiger partial charge in [0.05, 0.1) is 5.56 Å². The molecule has 1 aromatic carbocycles. The van der Waals surface area contributed by atoms with Crippen LogP contribution in [-0.2, 0) is 0 Å². The van der Waals surface area contributed by atoms with Crippen molar-refractivity contribution in [3.8, 4) is 0 Å². The molecule has 0 atom stereocenters. The Balaban J connectivity index is 0.00000176. The zero-order chi connectivity index (χ0) is 14.8. The molecule has 3 rings (SSSR count). The summed E-state index contributed by atoms with van der Waals surface area (Å²) in [6, 6.07) is 6.54. The molecule has 0 unspecified atom stereocenters. The molecule has 1 aliphatic heterocycles. The van der Waals surface area contributed by atoms with Gasteiger partial charge in [0.2, 0.25) is 0 Å². The Morgan fingerprint density at radius 3 is 2.55 bits per heavy atom. The number of amides is 1. The molecule has 1 N–H and O–H groups in total. The highest BCUT2D eigenvalue weighted by Gasteiger charge is 2.26. The molecule has 1 aliphatic carbocycles. The lowest BCUT2D eigenvalue weighted by Crippen LogP contribution is -2.45. The fraction of sp³-hybridized carbons (Fsp3) is 0.588. The quantitative estimate of drug-likeness (QED) is 0.852. The third kappa shape index (κ3) is 4.46. The fourth-order valence-corrected chi connectivity index (χ4v) is 3.57. The first kappa shape index (κ1) is 17.8. The van der Waals surface area contributed by atoms with E-state index in [9.17, 15) is 4.79 Å². The second kappa shape index (κ2) is 7.80. The number of nitrogens with zero attached hydrogens (tertiary/aromatic N) is 1. The molecule has 1 aromatic rings. The minimum absolute atomic E-state index is 0. The summed E-state index contributed by atoms with van der Waals surface area (Å²) in [5.74, 6) is 1.08. The Labute approximate surface area is 147 Å². The minimum Gasteiger partial charge on any atom is -0.338 e. The van der Waals surface area contributed by atoms with E-state index >= 15 is 0 Å². The molecule has 0 aromatic heterocycles. The van der Waals surface area contributed by atoms with Crippen LogP contribution in [0.3, 0.4) is 0 Å². The molecule has 5 heteroatoms. The zero-order valence-electron chi connectivity index (χ0n) is 13.0. The van der Waals surface area contributed by atoms with Crippen LogP contribution in [0.5, 0.6) is 0 Å². The molecule has 0 spiro atoms. The van der Waals surface area contributed by atoms with Crippen molar-refractivity contribution in [3.63, 3.8) is 0 Å². The first-order valence-electron chi connectivity index (χ1n) is 7.92. The summed E-state index contributed by atoms with van der Waals surface area (Å²) >= 11 is 3.51. The Kier molecular flexibility index (Phi) is 6.30. The number of hydrogen-bond acceptors (Lipinski definition) is 2. The highest BCUT2D eigenvalue weighted by Crippen LogP contribution is 2.28. The average Bonchev–Trinajstić information content (AvgIpc) is 3.29. The molecule has 0 bridgehead atoms. The van der Waals surface area contributed by atoms with Crippen molar-refractivity contribution >= 4 is 34.2 Å². The van der Waals surface area contributed by atoms with Crippen molar-refractivity contribution in [2.45, 2.75) is 38.6 Å². The summed E-state index contributed by atoms with van der Waals surface area (Å²) in [7, 11) is 0. The van der Waals surface area contributed by atoms with Crippen LogP contribution >= 0.6 is 28.3 Å². The molecule has 1 saturated carbocycles. The van der Waals surface area contributed by atoms with Gasteiger partial charge in [0, 0.05) is 23.6 Å². The maximum atomic E-state index is 12.6. The van der Waals surface area contributed by atoms with Gasteiger partial charge in [0.25, 0.3) is 5.91 Å². The van der Waals surface area contributed by atoms with Gasteiger partial charge in [-0.25, -0.2) is 0 Å². The number of carbonyl (C=O) groups excluding carboxylic acids is 1. The van der Waals surface area contributed by atoms with E-state index in [1.807, 2.05) is 30.0 Å². The first-order chi connectivity index (χ1) is 10.1. The highest BCUT2D eigenvalue weighted by molar-refractivity contribution is 9.10. The topological polar surface area (TPSA) is 32.3 Å². The lowest BCUT2D eigenvalue weighted by molar-refractivity contribution is 0.0704. The van der Waals surface area contributed by atoms with Crippen LogP contribution < -0.4 is 5.32 Å². The average molecular weight is 388 g/mol. The number of carbonyl (C=O) groups is 1. The maximum Gasteiger partial charge on any atom is 0.254 e. The van der Waals surface area contributed by atoms with Gasteiger partial charge in [-0.05, 0) is 78.7 Å². The number of halogens is 2. The van der Waals surface area contributed by atoms with Crippen LogP contribution in [0.4, 0.5) is 0 Å². The number of piperidine rings is 1. The van der Waals surface area contributed by atoms with Gasteiger partial charge in [-0.2, -0.15) is 0 Å². The molecule has 1 amide bonds. The van der Waals surface area contributed by atoms with Crippen molar-refractivity contribution in [2.75, 3.05) is 19.6 Å². The smallest absolute Gasteiger partial charge is 0.254 e. The van der Waals surface area contributed by atoms with Crippen LogP contribution in [0, 0.1) is 12.8 Å². The van der Waals surface area contributed by atoms with Gasteiger partial charge in [-0.3, -0.25) is 4.79 Å². The van der Waals surface area contributed by atoms with Crippen molar-refractivity contribution in [2.24, 2.45) is 5.92 Å². The largest absolute Gasteiger partial charge is 0.338 e. The SMILES string of the molecule is Cc1ccc(C(=O)N2CCC(NCC3CC3)CC2)c(Br)c1.Cl. The van der Waals surface area contributed by atoms with E-state index in [-0.39, 0.29) is 18.3 Å². The predicted octanol–water partition coefficient (Wildman–Crippen LogP) is 3.78. The number of nitrogens with one attached hydrogen (secondary N) is 1. The maximum absolute atomic E-state index is 12.6. The van der Waals surface area contributed by atoms with Crippen LogP contribution in [0.25, 0.3) is 0 Å². The number of likely N-dealkylation sites (tertiary alicyclic amines) is 1. The molecule has 122 valence electrons. The van der Waals surface area contributed by atoms with Crippen LogP contribution in [0.15, 0.2) is 22.7 Å².